The average Bonchev–Trinajstić information content (AvgIpc) is 2.28. The van der Waals surface area contributed by atoms with Crippen LogP contribution in [0.2, 0.25) is 0 Å². The van der Waals surface area contributed by atoms with Gasteiger partial charge in [-0.05, 0) is 30.7 Å². The highest BCUT2D eigenvalue weighted by atomic mass is 16.2. The molecule has 0 aliphatic heterocycles. The van der Waals surface area contributed by atoms with Crippen LogP contribution in [0.3, 0.4) is 0 Å². The lowest BCUT2D eigenvalue weighted by molar-refractivity contribution is -0.117. The van der Waals surface area contributed by atoms with Crippen LogP contribution in [0.5, 0.6) is 0 Å². The summed E-state index contributed by atoms with van der Waals surface area (Å²) in [5.41, 5.74) is 6.53. The van der Waals surface area contributed by atoms with Gasteiger partial charge in [0, 0.05) is 5.69 Å². The molecule has 1 rings (SSSR count). The maximum Gasteiger partial charge on any atom is 0.316 e. The van der Waals surface area contributed by atoms with Gasteiger partial charge in [0.1, 0.15) is 0 Å². The summed E-state index contributed by atoms with van der Waals surface area (Å²) >= 11 is 0. The molecule has 0 aliphatic carbocycles. The van der Waals surface area contributed by atoms with Gasteiger partial charge >= 0.3 is 6.03 Å². The van der Waals surface area contributed by atoms with E-state index in [-0.39, 0.29) is 11.9 Å². The molecule has 1 aromatic rings. The van der Waals surface area contributed by atoms with Gasteiger partial charge in [0.25, 0.3) is 0 Å². The van der Waals surface area contributed by atoms with E-state index in [1.165, 1.54) is 6.08 Å². The highest BCUT2D eigenvalue weighted by molar-refractivity contribution is 5.88. The second kappa shape index (κ2) is 5.69. The fourth-order valence-corrected chi connectivity index (χ4v) is 1.35. The number of anilines is 1. The van der Waals surface area contributed by atoms with E-state index in [4.69, 9.17) is 5.73 Å². The second-order valence-corrected chi connectivity index (χ2v) is 3.55. The number of urea groups is 1. The molecule has 0 radical (unpaired) electrons. The Balaban J connectivity index is 2.69. The fourth-order valence-electron chi connectivity index (χ4n) is 1.35. The zero-order valence-corrected chi connectivity index (χ0v) is 9.57. The van der Waals surface area contributed by atoms with Crippen LogP contribution in [-0.2, 0) is 4.79 Å². The number of amides is 3. The Labute approximate surface area is 99.7 Å². The quantitative estimate of drug-likeness (QED) is 0.689. The maximum absolute atomic E-state index is 11.1. The molecule has 0 saturated carbocycles. The highest BCUT2D eigenvalue weighted by Crippen LogP contribution is 2.15. The molecule has 1 aromatic carbocycles. The van der Waals surface area contributed by atoms with Crippen molar-refractivity contribution in [3.05, 3.63) is 42.5 Å². The predicted octanol–water partition coefficient (Wildman–Crippen LogP) is 1.54. The van der Waals surface area contributed by atoms with E-state index >= 15 is 0 Å². The van der Waals surface area contributed by atoms with E-state index in [0.717, 1.165) is 5.56 Å². The maximum atomic E-state index is 11.1. The van der Waals surface area contributed by atoms with Crippen LogP contribution in [0.15, 0.2) is 36.9 Å². The van der Waals surface area contributed by atoms with Crippen LogP contribution in [0.25, 0.3) is 0 Å². The Hall–Kier alpha value is -2.30. The zero-order valence-electron chi connectivity index (χ0n) is 9.57. The fraction of sp³-hybridized carbons (Fsp3) is 0.167. The normalized spacial score (nSPS) is 11.4. The van der Waals surface area contributed by atoms with E-state index in [0.29, 0.717) is 5.69 Å². The molecule has 0 saturated heterocycles. The molecule has 90 valence electrons. The standard InChI is InChI=1S/C12H15N3O2/c1-3-11(16)14-8(2)9-4-6-10(7-5-9)15-12(13)17/h3-8H,1H2,2H3,(H,14,16)(H3,13,15,17). The van der Waals surface area contributed by atoms with Crippen LogP contribution in [0.1, 0.15) is 18.5 Å². The molecule has 3 amide bonds. The summed E-state index contributed by atoms with van der Waals surface area (Å²) in [6.45, 7) is 5.24. The van der Waals surface area contributed by atoms with Crippen molar-refractivity contribution in [1.82, 2.24) is 5.32 Å². The molecule has 0 aromatic heterocycles. The van der Waals surface area contributed by atoms with Crippen molar-refractivity contribution in [2.24, 2.45) is 5.73 Å². The summed E-state index contributed by atoms with van der Waals surface area (Å²) in [5.74, 6) is -0.225. The zero-order chi connectivity index (χ0) is 12.8. The number of hydrogen-bond donors (Lipinski definition) is 3. The van der Waals surface area contributed by atoms with Crippen molar-refractivity contribution in [2.45, 2.75) is 13.0 Å². The van der Waals surface area contributed by atoms with Gasteiger partial charge in [0.15, 0.2) is 0 Å². The van der Waals surface area contributed by atoms with Crippen molar-refractivity contribution >= 4 is 17.6 Å². The molecule has 0 spiro atoms. The van der Waals surface area contributed by atoms with E-state index in [2.05, 4.69) is 17.2 Å². The highest BCUT2D eigenvalue weighted by Gasteiger charge is 2.07. The summed E-state index contributed by atoms with van der Waals surface area (Å²) in [5, 5.41) is 5.20. The molecule has 1 unspecified atom stereocenters. The van der Waals surface area contributed by atoms with Gasteiger partial charge in [0.05, 0.1) is 6.04 Å². The summed E-state index contributed by atoms with van der Waals surface area (Å²) < 4.78 is 0. The number of benzene rings is 1. The lowest BCUT2D eigenvalue weighted by Gasteiger charge is -2.13. The molecular weight excluding hydrogens is 218 g/mol. The number of carbonyl (C=O) groups excluding carboxylic acids is 2. The Morgan fingerprint density at radius 2 is 1.94 bits per heavy atom. The molecule has 0 aliphatic rings. The van der Waals surface area contributed by atoms with Crippen molar-refractivity contribution in [2.75, 3.05) is 5.32 Å². The Morgan fingerprint density at radius 1 is 1.35 bits per heavy atom. The molecule has 5 heteroatoms. The number of nitrogens with two attached hydrogens (primary N) is 1. The van der Waals surface area contributed by atoms with Gasteiger partial charge in [0.2, 0.25) is 5.91 Å². The van der Waals surface area contributed by atoms with Crippen LogP contribution < -0.4 is 16.4 Å². The minimum atomic E-state index is -0.606. The summed E-state index contributed by atoms with van der Waals surface area (Å²) in [7, 11) is 0. The molecule has 1 atom stereocenters. The van der Waals surface area contributed by atoms with Crippen LogP contribution in [-0.4, -0.2) is 11.9 Å². The van der Waals surface area contributed by atoms with Gasteiger partial charge < -0.3 is 16.4 Å². The molecule has 17 heavy (non-hydrogen) atoms. The van der Waals surface area contributed by atoms with Crippen LogP contribution >= 0.6 is 0 Å². The molecule has 0 heterocycles. The smallest absolute Gasteiger partial charge is 0.316 e. The third-order valence-electron chi connectivity index (χ3n) is 2.22. The summed E-state index contributed by atoms with van der Waals surface area (Å²) in [4.78, 5) is 21.7. The number of carbonyl (C=O) groups is 2. The van der Waals surface area contributed by atoms with Gasteiger partial charge in [-0.25, -0.2) is 4.79 Å². The third-order valence-corrected chi connectivity index (χ3v) is 2.22. The van der Waals surface area contributed by atoms with Crippen molar-refractivity contribution < 1.29 is 9.59 Å². The molecular formula is C12H15N3O2. The largest absolute Gasteiger partial charge is 0.351 e. The van der Waals surface area contributed by atoms with E-state index in [9.17, 15) is 9.59 Å². The monoisotopic (exact) mass is 233 g/mol. The topological polar surface area (TPSA) is 84.2 Å². The Kier molecular flexibility index (Phi) is 4.28. The van der Waals surface area contributed by atoms with Crippen LogP contribution in [0.4, 0.5) is 10.5 Å². The number of nitrogens with one attached hydrogen (secondary N) is 2. The van der Waals surface area contributed by atoms with Gasteiger partial charge in [-0.1, -0.05) is 18.7 Å². The Morgan fingerprint density at radius 3 is 2.41 bits per heavy atom. The SMILES string of the molecule is C=CC(=O)NC(C)c1ccc(NC(N)=O)cc1. The first-order valence-electron chi connectivity index (χ1n) is 5.12. The molecule has 4 N–H and O–H groups in total. The van der Waals surface area contributed by atoms with E-state index < -0.39 is 6.03 Å². The first-order chi connectivity index (χ1) is 8.02. The van der Waals surface area contributed by atoms with Crippen molar-refractivity contribution in [1.29, 1.82) is 0 Å². The van der Waals surface area contributed by atoms with Crippen molar-refractivity contribution in [3.8, 4) is 0 Å². The first-order valence-corrected chi connectivity index (χ1v) is 5.12. The predicted molar refractivity (Wildman–Crippen MR) is 66.4 cm³/mol. The molecule has 5 nitrogen and oxygen atoms in total. The molecule has 0 bridgehead atoms. The summed E-state index contributed by atoms with van der Waals surface area (Å²) in [6, 6.07) is 6.32. The van der Waals surface area contributed by atoms with E-state index in [1.807, 2.05) is 6.92 Å². The van der Waals surface area contributed by atoms with Crippen LogP contribution in [0, 0.1) is 0 Å². The average molecular weight is 233 g/mol. The van der Waals surface area contributed by atoms with Gasteiger partial charge in [-0.3, -0.25) is 4.79 Å². The number of hydrogen-bond acceptors (Lipinski definition) is 2. The summed E-state index contributed by atoms with van der Waals surface area (Å²) in [6.07, 6.45) is 1.22. The van der Waals surface area contributed by atoms with Gasteiger partial charge in [-0.2, -0.15) is 0 Å². The molecule has 0 fully saturated rings. The van der Waals surface area contributed by atoms with Gasteiger partial charge in [-0.15, -0.1) is 0 Å². The number of primary amides is 1. The minimum absolute atomic E-state index is 0.122. The first kappa shape index (κ1) is 12.8. The lowest BCUT2D eigenvalue weighted by atomic mass is 10.1. The third kappa shape index (κ3) is 3.98. The number of rotatable bonds is 4. The Bertz CT molecular complexity index is 426. The van der Waals surface area contributed by atoms with E-state index in [1.54, 1.807) is 24.3 Å². The minimum Gasteiger partial charge on any atom is -0.351 e. The second-order valence-electron chi connectivity index (χ2n) is 3.55. The lowest BCUT2D eigenvalue weighted by Crippen LogP contribution is -2.24. The van der Waals surface area contributed by atoms with Crippen molar-refractivity contribution in [3.63, 3.8) is 0 Å².